The van der Waals surface area contributed by atoms with Crippen LogP contribution in [0.3, 0.4) is 0 Å². The maximum absolute atomic E-state index is 8.99. The van der Waals surface area contributed by atoms with Gasteiger partial charge in [0.05, 0.1) is 11.4 Å². The van der Waals surface area contributed by atoms with E-state index in [4.69, 9.17) is 28.3 Å². The second-order valence-electron chi connectivity index (χ2n) is 4.05. The molecular weight excluding hydrogens is 278 g/mol. The van der Waals surface area contributed by atoms with Gasteiger partial charge in [0.2, 0.25) is 0 Å². The van der Waals surface area contributed by atoms with Gasteiger partial charge in [-0.05, 0) is 24.3 Å². The monoisotopic (exact) mass is 285 g/mol. The number of fused-ring (bicyclic) bond motifs is 1. The molecule has 0 aliphatic heterocycles. The summed E-state index contributed by atoms with van der Waals surface area (Å²) in [5, 5.41) is 17.5. The molecule has 98 valence electrons. The van der Waals surface area contributed by atoms with E-state index in [0.29, 0.717) is 21.9 Å². The fourth-order valence-electron chi connectivity index (χ4n) is 1.85. The van der Waals surface area contributed by atoms with E-state index < -0.39 is 0 Å². The number of rotatable bonds is 1. The van der Waals surface area contributed by atoms with Crippen molar-refractivity contribution in [3.63, 3.8) is 0 Å². The third-order valence-electron chi connectivity index (χ3n) is 2.84. The molecule has 8 heteroatoms. The molecule has 0 radical (unpaired) electrons. The number of nitrogens with two attached hydrogens (primary N) is 2. The molecule has 3 rings (SSSR count). The van der Waals surface area contributed by atoms with Crippen LogP contribution in [0.15, 0.2) is 24.3 Å². The number of hydrogen-bond donors (Lipinski definition) is 2. The molecule has 7 nitrogen and oxygen atoms in total. The number of nitriles is 1. The van der Waals surface area contributed by atoms with E-state index in [0.717, 1.165) is 0 Å². The van der Waals surface area contributed by atoms with E-state index in [1.54, 1.807) is 24.3 Å². The molecule has 1 aromatic carbocycles. The molecule has 0 atom stereocenters. The SMILES string of the molecule is N#Cc1c(N)nc2c(nnn2-c2ccc(Cl)cc2)c1N. The van der Waals surface area contributed by atoms with Gasteiger partial charge < -0.3 is 11.5 Å². The van der Waals surface area contributed by atoms with Crippen LogP contribution in [0.5, 0.6) is 0 Å². The molecule has 0 aliphatic rings. The van der Waals surface area contributed by atoms with Crippen molar-refractivity contribution >= 4 is 34.3 Å². The number of benzene rings is 1. The summed E-state index contributed by atoms with van der Waals surface area (Å²) in [6.45, 7) is 0. The van der Waals surface area contributed by atoms with Gasteiger partial charge in [-0.2, -0.15) is 9.94 Å². The maximum Gasteiger partial charge on any atom is 0.187 e. The predicted octanol–water partition coefficient (Wildman–Crippen LogP) is 1.50. The largest absolute Gasteiger partial charge is 0.396 e. The molecule has 0 unspecified atom stereocenters. The second kappa shape index (κ2) is 4.36. The summed E-state index contributed by atoms with van der Waals surface area (Å²) < 4.78 is 1.49. The summed E-state index contributed by atoms with van der Waals surface area (Å²) >= 11 is 5.84. The number of hydrogen-bond acceptors (Lipinski definition) is 6. The maximum atomic E-state index is 8.99. The van der Waals surface area contributed by atoms with Gasteiger partial charge in [0.1, 0.15) is 17.5 Å². The first-order valence-corrected chi connectivity index (χ1v) is 5.96. The van der Waals surface area contributed by atoms with Crippen LogP contribution in [0.2, 0.25) is 5.02 Å². The first-order chi connectivity index (χ1) is 9.61. The van der Waals surface area contributed by atoms with Crippen LogP contribution < -0.4 is 11.5 Å². The fraction of sp³-hybridized carbons (Fsp3) is 0. The molecular formula is C12H8ClN7. The van der Waals surface area contributed by atoms with Gasteiger partial charge in [0.15, 0.2) is 11.2 Å². The topological polar surface area (TPSA) is 119 Å². The van der Waals surface area contributed by atoms with Gasteiger partial charge in [-0.3, -0.25) is 0 Å². The minimum Gasteiger partial charge on any atom is -0.396 e. The normalized spacial score (nSPS) is 10.6. The molecule has 4 N–H and O–H groups in total. The Labute approximate surface area is 118 Å². The zero-order valence-corrected chi connectivity index (χ0v) is 10.8. The van der Waals surface area contributed by atoms with Crippen LogP contribution in [-0.2, 0) is 0 Å². The van der Waals surface area contributed by atoms with E-state index in [1.165, 1.54) is 4.68 Å². The highest BCUT2D eigenvalue weighted by Gasteiger charge is 2.16. The van der Waals surface area contributed by atoms with Gasteiger partial charge in [-0.15, -0.1) is 5.10 Å². The lowest BCUT2D eigenvalue weighted by atomic mass is 10.2. The van der Waals surface area contributed by atoms with Crippen molar-refractivity contribution in [1.29, 1.82) is 5.26 Å². The van der Waals surface area contributed by atoms with E-state index in [9.17, 15) is 0 Å². The van der Waals surface area contributed by atoms with E-state index in [2.05, 4.69) is 15.3 Å². The molecule has 0 saturated heterocycles. The molecule has 2 heterocycles. The Bertz CT molecular complexity index is 845. The van der Waals surface area contributed by atoms with Crippen molar-refractivity contribution in [3.05, 3.63) is 34.9 Å². The van der Waals surface area contributed by atoms with Gasteiger partial charge in [-0.1, -0.05) is 16.8 Å². The Morgan fingerprint density at radius 1 is 1.20 bits per heavy atom. The minimum atomic E-state index is 0.0509. The number of pyridine rings is 1. The third kappa shape index (κ3) is 1.71. The van der Waals surface area contributed by atoms with Gasteiger partial charge >= 0.3 is 0 Å². The Balaban J connectivity index is 2.30. The molecule has 0 fully saturated rings. The van der Waals surface area contributed by atoms with Crippen molar-refractivity contribution in [2.24, 2.45) is 0 Å². The molecule has 0 bridgehead atoms. The van der Waals surface area contributed by atoms with Gasteiger partial charge in [0.25, 0.3) is 0 Å². The summed E-state index contributed by atoms with van der Waals surface area (Å²) in [6, 6.07) is 8.88. The summed E-state index contributed by atoms with van der Waals surface area (Å²) in [7, 11) is 0. The van der Waals surface area contributed by atoms with Crippen molar-refractivity contribution < 1.29 is 0 Å². The molecule has 3 aromatic rings. The fourth-order valence-corrected chi connectivity index (χ4v) is 1.98. The summed E-state index contributed by atoms with van der Waals surface area (Å²) in [5.74, 6) is 0.0509. The minimum absolute atomic E-state index is 0.0509. The highest BCUT2D eigenvalue weighted by atomic mass is 35.5. The van der Waals surface area contributed by atoms with Gasteiger partial charge in [-0.25, -0.2) is 4.98 Å². The van der Waals surface area contributed by atoms with Crippen LogP contribution in [0.4, 0.5) is 11.5 Å². The molecule has 2 aromatic heterocycles. The zero-order valence-electron chi connectivity index (χ0n) is 10.1. The van der Waals surface area contributed by atoms with Crippen molar-refractivity contribution in [2.75, 3.05) is 11.5 Å². The van der Waals surface area contributed by atoms with Crippen LogP contribution in [-0.4, -0.2) is 20.0 Å². The molecule has 0 aliphatic carbocycles. The first-order valence-electron chi connectivity index (χ1n) is 5.58. The van der Waals surface area contributed by atoms with Crippen LogP contribution >= 0.6 is 11.6 Å². The first kappa shape index (κ1) is 12.2. The Morgan fingerprint density at radius 2 is 1.90 bits per heavy atom. The van der Waals surface area contributed by atoms with Crippen LogP contribution in [0.25, 0.3) is 16.9 Å². The lowest BCUT2D eigenvalue weighted by molar-refractivity contribution is 0.817. The number of nitrogens with zero attached hydrogens (tertiary/aromatic N) is 5. The second-order valence-corrected chi connectivity index (χ2v) is 4.48. The highest BCUT2D eigenvalue weighted by molar-refractivity contribution is 6.30. The Morgan fingerprint density at radius 3 is 2.55 bits per heavy atom. The predicted molar refractivity (Wildman–Crippen MR) is 75.2 cm³/mol. The van der Waals surface area contributed by atoms with E-state index >= 15 is 0 Å². The average molecular weight is 286 g/mol. The number of nitrogen functional groups attached to an aromatic ring is 2. The van der Waals surface area contributed by atoms with Crippen molar-refractivity contribution in [1.82, 2.24) is 20.0 Å². The van der Waals surface area contributed by atoms with Crippen LogP contribution in [0.1, 0.15) is 5.56 Å². The van der Waals surface area contributed by atoms with E-state index in [1.807, 2.05) is 6.07 Å². The summed E-state index contributed by atoms with van der Waals surface area (Å²) in [5.41, 5.74) is 13.3. The number of halogens is 1. The average Bonchev–Trinajstić information content (AvgIpc) is 2.84. The summed E-state index contributed by atoms with van der Waals surface area (Å²) in [6.07, 6.45) is 0. The zero-order chi connectivity index (χ0) is 14.3. The molecule has 0 amide bonds. The number of aromatic nitrogens is 4. The standard InChI is InChI=1S/C12H8ClN7/c13-6-1-3-7(4-2-6)20-12-10(18-19-20)9(15)8(5-14)11(16)17-12/h1-4H,(H4,15,16,17). The smallest absolute Gasteiger partial charge is 0.187 e. The molecule has 0 saturated carbocycles. The lowest BCUT2D eigenvalue weighted by Gasteiger charge is -2.04. The Kier molecular flexibility index (Phi) is 2.66. The van der Waals surface area contributed by atoms with Gasteiger partial charge in [0, 0.05) is 5.02 Å². The summed E-state index contributed by atoms with van der Waals surface area (Å²) in [4.78, 5) is 4.15. The lowest BCUT2D eigenvalue weighted by Crippen LogP contribution is -2.03. The Hall–Kier alpha value is -2.85. The third-order valence-corrected chi connectivity index (χ3v) is 3.09. The molecule has 0 spiro atoms. The number of anilines is 2. The van der Waals surface area contributed by atoms with Crippen LogP contribution in [0, 0.1) is 11.3 Å². The van der Waals surface area contributed by atoms with Crippen molar-refractivity contribution in [3.8, 4) is 11.8 Å². The van der Waals surface area contributed by atoms with Crippen molar-refractivity contribution in [2.45, 2.75) is 0 Å². The quantitative estimate of drug-likeness (QED) is 0.699. The van der Waals surface area contributed by atoms with E-state index in [-0.39, 0.29) is 17.1 Å². The highest BCUT2D eigenvalue weighted by Crippen LogP contribution is 2.26. The molecule has 20 heavy (non-hydrogen) atoms.